The quantitative estimate of drug-likeness (QED) is 0.796. The first kappa shape index (κ1) is 12.9. The van der Waals surface area contributed by atoms with E-state index in [9.17, 15) is 0 Å². The smallest absolute Gasteiger partial charge is 0.183 e. The minimum atomic E-state index is 0.739. The van der Waals surface area contributed by atoms with Crippen molar-refractivity contribution in [2.75, 3.05) is 5.32 Å². The Morgan fingerprint density at radius 1 is 1.20 bits per heavy atom. The van der Waals surface area contributed by atoms with Crippen LogP contribution < -0.4 is 5.32 Å². The molecular formula is C15H16N4S. The number of nitrogens with one attached hydrogen (secondary N) is 1. The van der Waals surface area contributed by atoms with Crippen LogP contribution in [0.2, 0.25) is 0 Å². The van der Waals surface area contributed by atoms with Gasteiger partial charge in [-0.2, -0.15) is 5.10 Å². The Bertz CT molecular complexity index is 681. The first-order chi connectivity index (χ1) is 9.74. The third-order valence-electron chi connectivity index (χ3n) is 3.20. The summed E-state index contributed by atoms with van der Waals surface area (Å²) in [6.45, 7) is 4.87. The molecule has 0 fully saturated rings. The van der Waals surface area contributed by atoms with Gasteiger partial charge in [-0.1, -0.05) is 18.2 Å². The van der Waals surface area contributed by atoms with Crippen LogP contribution in [0.25, 0.3) is 5.69 Å². The molecule has 0 bridgehead atoms. The van der Waals surface area contributed by atoms with Gasteiger partial charge in [0.25, 0.3) is 0 Å². The lowest BCUT2D eigenvalue weighted by Gasteiger charge is -2.09. The Morgan fingerprint density at radius 3 is 2.75 bits per heavy atom. The lowest BCUT2D eigenvalue weighted by Crippen LogP contribution is -2.05. The fraction of sp³-hybridized carbons (Fsp3) is 0.200. The second-order valence-corrected chi connectivity index (χ2v) is 5.80. The minimum Gasteiger partial charge on any atom is -0.357 e. The summed E-state index contributed by atoms with van der Waals surface area (Å²) >= 11 is 1.69. The van der Waals surface area contributed by atoms with Crippen LogP contribution in [0.15, 0.2) is 42.7 Å². The van der Waals surface area contributed by atoms with Gasteiger partial charge < -0.3 is 5.32 Å². The topological polar surface area (TPSA) is 42.7 Å². The maximum absolute atomic E-state index is 4.50. The largest absolute Gasteiger partial charge is 0.357 e. The molecule has 0 unspecified atom stereocenters. The maximum atomic E-state index is 4.50. The third-order valence-corrected chi connectivity index (χ3v) is 4.23. The lowest BCUT2D eigenvalue weighted by molar-refractivity contribution is 0.864. The minimum absolute atomic E-state index is 0.739. The second-order valence-electron chi connectivity index (χ2n) is 4.59. The zero-order valence-electron chi connectivity index (χ0n) is 11.5. The SMILES string of the molecule is Cc1nc(NCc2ccccc2-n2cccn2)sc1C. The molecule has 1 aromatic carbocycles. The fourth-order valence-electron chi connectivity index (χ4n) is 2.01. The normalized spacial score (nSPS) is 10.7. The van der Waals surface area contributed by atoms with E-state index < -0.39 is 0 Å². The van der Waals surface area contributed by atoms with E-state index in [-0.39, 0.29) is 0 Å². The summed E-state index contributed by atoms with van der Waals surface area (Å²) in [5.74, 6) is 0. The van der Waals surface area contributed by atoms with Crippen LogP contribution in [-0.4, -0.2) is 14.8 Å². The van der Waals surface area contributed by atoms with Gasteiger partial charge in [-0.3, -0.25) is 0 Å². The van der Waals surface area contributed by atoms with Gasteiger partial charge >= 0.3 is 0 Å². The highest BCUT2D eigenvalue weighted by atomic mass is 32.1. The molecule has 0 aliphatic rings. The molecule has 0 saturated heterocycles. The Kier molecular flexibility index (Phi) is 3.52. The van der Waals surface area contributed by atoms with Crippen molar-refractivity contribution < 1.29 is 0 Å². The molecule has 20 heavy (non-hydrogen) atoms. The Labute approximate surface area is 122 Å². The summed E-state index contributed by atoms with van der Waals surface area (Å²) in [5, 5.41) is 8.66. The van der Waals surface area contributed by atoms with Gasteiger partial charge in [-0.05, 0) is 31.5 Å². The number of hydrogen-bond donors (Lipinski definition) is 1. The molecule has 2 aromatic heterocycles. The Morgan fingerprint density at radius 2 is 2.05 bits per heavy atom. The molecule has 0 aliphatic heterocycles. The summed E-state index contributed by atoms with van der Waals surface area (Å²) in [6.07, 6.45) is 3.74. The van der Waals surface area contributed by atoms with Crippen molar-refractivity contribution in [3.8, 4) is 5.69 Å². The zero-order chi connectivity index (χ0) is 13.9. The molecule has 0 spiro atoms. The van der Waals surface area contributed by atoms with E-state index in [2.05, 4.69) is 34.5 Å². The van der Waals surface area contributed by atoms with E-state index in [1.807, 2.05) is 36.0 Å². The third kappa shape index (κ3) is 2.58. The molecule has 0 saturated carbocycles. The molecule has 0 aliphatic carbocycles. The fourth-order valence-corrected chi connectivity index (χ4v) is 2.82. The standard InChI is InChI=1S/C15H16N4S/c1-11-12(2)20-15(18-11)16-10-13-6-3-4-7-14(13)19-9-5-8-17-19/h3-9H,10H2,1-2H3,(H,16,18). The number of aromatic nitrogens is 3. The molecule has 0 atom stereocenters. The van der Waals surface area contributed by atoms with Gasteiger partial charge in [0, 0.05) is 23.8 Å². The Balaban J connectivity index is 1.81. The van der Waals surface area contributed by atoms with Crippen LogP contribution in [0.5, 0.6) is 0 Å². The lowest BCUT2D eigenvalue weighted by atomic mass is 10.2. The van der Waals surface area contributed by atoms with E-state index in [0.29, 0.717) is 0 Å². The molecule has 1 N–H and O–H groups in total. The number of aryl methyl sites for hydroxylation is 2. The maximum Gasteiger partial charge on any atom is 0.183 e. The molecule has 4 nitrogen and oxygen atoms in total. The van der Waals surface area contributed by atoms with E-state index in [0.717, 1.165) is 23.1 Å². The second kappa shape index (κ2) is 5.46. The van der Waals surface area contributed by atoms with Crippen LogP contribution in [0.1, 0.15) is 16.1 Å². The molecule has 5 heteroatoms. The van der Waals surface area contributed by atoms with Gasteiger partial charge in [0.2, 0.25) is 0 Å². The first-order valence-corrected chi connectivity index (χ1v) is 7.31. The molecule has 3 rings (SSSR count). The van der Waals surface area contributed by atoms with Crippen LogP contribution >= 0.6 is 11.3 Å². The number of thiazole rings is 1. The van der Waals surface area contributed by atoms with Crippen LogP contribution in [0.4, 0.5) is 5.13 Å². The number of hydrogen-bond acceptors (Lipinski definition) is 4. The summed E-state index contributed by atoms with van der Waals surface area (Å²) < 4.78 is 1.88. The predicted octanol–water partition coefficient (Wildman–Crippen LogP) is 3.56. The summed E-state index contributed by atoms with van der Waals surface area (Å²) in [7, 11) is 0. The van der Waals surface area contributed by atoms with Crippen molar-refractivity contribution in [3.63, 3.8) is 0 Å². The molecule has 0 amide bonds. The highest BCUT2D eigenvalue weighted by Crippen LogP contribution is 2.22. The van der Waals surface area contributed by atoms with Crippen molar-refractivity contribution in [1.82, 2.24) is 14.8 Å². The summed E-state index contributed by atoms with van der Waals surface area (Å²) in [4.78, 5) is 5.76. The summed E-state index contributed by atoms with van der Waals surface area (Å²) in [6, 6.07) is 10.2. The van der Waals surface area contributed by atoms with Crippen LogP contribution in [-0.2, 0) is 6.54 Å². The predicted molar refractivity (Wildman–Crippen MR) is 82.5 cm³/mol. The molecule has 3 aromatic rings. The monoisotopic (exact) mass is 284 g/mol. The average Bonchev–Trinajstić information content (AvgIpc) is 3.08. The number of rotatable bonds is 4. The molecule has 102 valence electrons. The van der Waals surface area contributed by atoms with Crippen molar-refractivity contribution in [3.05, 3.63) is 58.9 Å². The van der Waals surface area contributed by atoms with Crippen LogP contribution in [0.3, 0.4) is 0 Å². The number of benzene rings is 1. The highest BCUT2D eigenvalue weighted by Gasteiger charge is 2.06. The van der Waals surface area contributed by atoms with E-state index in [1.165, 1.54) is 10.4 Å². The van der Waals surface area contributed by atoms with E-state index in [1.54, 1.807) is 17.5 Å². The van der Waals surface area contributed by atoms with Gasteiger partial charge in [0.15, 0.2) is 5.13 Å². The van der Waals surface area contributed by atoms with Crippen molar-refractivity contribution in [1.29, 1.82) is 0 Å². The van der Waals surface area contributed by atoms with E-state index in [4.69, 9.17) is 0 Å². The van der Waals surface area contributed by atoms with Crippen molar-refractivity contribution in [2.24, 2.45) is 0 Å². The molecule has 2 heterocycles. The number of para-hydroxylation sites is 1. The average molecular weight is 284 g/mol. The molecule has 0 radical (unpaired) electrons. The highest BCUT2D eigenvalue weighted by molar-refractivity contribution is 7.15. The van der Waals surface area contributed by atoms with Gasteiger partial charge in [-0.25, -0.2) is 9.67 Å². The number of anilines is 1. The van der Waals surface area contributed by atoms with Gasteiger partial charge in [-0.15, -0.1) is 11.3 Å². The van der Waals surface area contributed by atoms with Crippen LogP contribution in [0, 0.1) is 13.8 Å². The molecular weight excluding hydrogens is 268 g/mol. The van der Waals surface area contributed by atoms with Gasteiger partial charge in [0.05, 0.1) is 11.4 Å². The van der Waals surface area contributed by atoms with Crippen molar-refractivity contribution in [2.45, 2.75) is 20.4 Å². The van der Waals surface area contributed by atoms with Gasteiger partial charge in [0.1, 0.15) is 0 Å². The summed E-state index contributed by atoms with van der Waals surface area (Å²) in [5.41, 5.74) is 3.38. The number of nitrogens with zero attached hydrogens (tertiary/aromatic N) is 3. The van der Waals surface area contributed by atoms with Crippen molar-refractivity contribution >= 4 is 16.5 Å². The zero-order valence-corrected chi connectivity index (χ0v) is 12.3. The first-order valence-electron chi connectivity index (χ1n) is 6.50. The van der Waals surface area contributed by atoms with E-state index >= 15 is 0 Å². The Hall–Kier alpha value is -2.14.